The number of anilines is 15. The number of thiophene rings is 2. The standard InChI is InChI=1S/C73H51N3S.C67H46N2S/c1-7-24-53(25-8-1)73(54-26-9-2-10-27-54)67-39-21-19-37-63(67)66-50-60(47-49-68(66)73)76(58-34-17-6-18-35-58)70-41-23-38-65-64-48-46-61(51-71(64)77-72(65)70)74(55-28-11-3-12-29-55)59-44-42-52(43-45-59)62-36-20-22-40-69(62)75(56-30-13-4-14-31-56)57-32-15-5-16-33-57;1-5-18-46(19-6-1)50-32-33-52-42-58(38-35-51(52)40-50)69(57-37-34-47-20-13-14-23-49(47)41-57)63-30-17-31-64-67(63)61-39-36-54(44-65(61)70-64)66(48-21-7-2-8-22-48)62-45-59(43-53-24-15-16-29-60(53)62)68(55-25-9-3-10-26-55)56-27-11-4-12-28-56/h1-51H;1-45,66H/i;2D,7D,8D,21D,22D. The van der Waals surface area contributed by atoms with Crippen LogP contribution in [0.15, 0.2) is 582 Å². The molecule has 2 aromatic heterocycles. The lowest BCUT2D eigenvalue weighted by molar-refractivity contribution is 0.768. The molecule has 0 saturated carbocycles. The van der Waals surface area contributed by atoms with E-state index >= 15 is 0 Å². The highest BCUT2D eigenvalue weighted by molar-refractivity contribution is 7.26. The van der Waals surface area contributed by atoms with Gasteiger partial charge >= 0.3 is 0 Å². The van der Waals surface area contributed by atoms with Gasteiger partial charge in [-0.05, 0) is 281 Å². The van der Waals surface area contributed by atoms with E-state index in [9.17, 15) is 2.74 Å². The van der Waals surface area contributed by atoms with Gasteiger partial charge in [-0.25, -0.2) is 0 Å². The second-order valence-electron chi connectivity index (χ2n) is 37.3. The number of hydrogen-bond donors (Lipinski definition) is 0. The van der Waals surface area contributed by atoms with Crippen LogP contribution in [0.3, 0.4) is 0 Å². The molecule has 0 spiro atoms. The first-order valence-electron chi connectivity index (χ1n) is 52.4. The summed E-state index contributed by atoms with van der Waals surface area (Å²) in [6.07, 6.45) is 0. The van der Waals surface area contributed by atoms with Crippen LogP contribution >= 0.6 is 22.7 Å². The van der Waals surface area contributed by atoms with E-state index in [-0.39, 0.29) is 29.7 Å². The molecule has 1 atom stereocenters. The summed E-state index contributed by atoms with van der Waals surface area (Å²) in [6.45, 7) is 0. The van der Waals surface area contributed by atoms with Crippen molar-refractivity contribution in [1.82, 2.24) is 0 Å². The summed E-state index contributed by atoms with van der Waals surface area (Å²) < 4.78 is 50.3. The molecule has 1 aliphatic rings. The van der Waals surface area contributed by atoms with E-state index in [2.05, 4.69) is 522 Å². The average molecular weight is 1920 g/mol. The Hall–Kier alpha value is -18.5. The van der Waals surface area contributed by atoms with Crippen molar-refractivity contribution in [3.63, 3.8) is 0 Å². The van der Waals surface area contributed by atoms with Crippen molar-refractivity contribution in [3.05, 3.63) is 621 Å². The molecule has 5 nitrogen and oxygen atoms in total. The Balaban J connectivity index is 0.000000153. The van der Waals surface area contributed by atoms with E-state index in [1.54, 1.807) is 11.3 Å². The molecule has 0 amide bonds. The van der Waals surface area contributed by atoms with E-state index < -0.39 is 17.4 Å². The second kappa shape index (κ2) is 38.7. The second-order valence-corrected chi connectivity index (χ2v) is 39.5. The molecule has 2 heterocycles. The molecule has 0 bridgehead atoms. The monoisotopic (exact) mass is 1920 g/mol. The van der Waals surface area contributed by atoms with E-state index in [4.69, 9.17) is 4.11 Å². The van der Waals surface area contributed by atoms with Gasteiger partial charge in [0.2, 0.25) is 0 Å². The SMILES string of the molecule is [2H]c1c([2H])c([2H])c(C(c2ccc3c(c2)sc2cccc(N(c4ccc5ccccc5c4)c4ccc5cc(-c6ccccc6)ccc5c4)c23)c2cc(N(c3ccccc3)c3ccccc3)cc3ccccc23)c([2H])c1[2H].c1ccc(N(c2ccc(-c3ccccc3N(c3ccccc3)c3ccccc3)cc2)c2ccc3c(c2)sc2c(N(c4ccccc4)c4ccc5c(c4)-c4ccccc4C5(c4ccccc4)c4ccccc4)cccc23)cc1. The highest BCUT2D eigenvalue weighted by Gasteiger charge is 2.46. The van der Waals surface area contributed by atoms with Crippen LogP contribution in [-0.4, -0.2) is 0 Å². The van der Waals surface area contributed by atoms with Gasteiger partial charge in [0, 0.05) is 115 Å². The maximum Gasteiger partial charge on any atom is 0.0713 e. The molecule has 147 heavy (non-hydrogen) atoms. The van der Waals surface area contributed by atoms with Crippen molar-refractivity contribution in [2.24, 2.45) is 0 Å². The molecule has 1 unspecified atom stereocenters. The van der Waals surface area contributed by atoms with Crippen LogP contribution in [0, 0.1) is 0 Å². The Morgan fingerprint density at radius 2 is 0.619 bits per heavy atom. The summed E-state index contributed by atoms with van der Waals surface area (Å²) in [6, 6.07) is 196. The molecule has 26 aromatic rings. The van der Waals surface area contributed by atoms with Gasteiger partial charge in [-0.15, -0.1) is 22.7 Å². The summed E-state index contributed by atoms with van der Waals surface area (Å²) >= 11 is 3.56. The van der Waals surface area contributed by atoms with Crippen LogP contribution in [0.5, 0.6) is 0 Å². The summed E-state index contributed by atoms with van der Waals surface area (Å²) in [7, 11) is 0. The van der Waals surface area contributed by atoms with Gasteiger partial charge < -0.3 is 24.5 Å². The smallest absolute Gasteiger partial charge is 0.0713 e. The lowest BCUT2D eigenvalue weighted by Crippen LogP contribution is -2.28. The lowest BCUT2D eigenvalue weighted by Gasteiger charge is -2.34. The third kappa shape index (κ3) is 16.4. The Kier molecular flexibility index (Phi) is 21.9. The Bertz CT molecular complexity index is 9500. The highest BCUT2D eigenvalue weighted by Crippen LogP contribution is 2.59. The fourth-order valence-corrected chi connectivity index (χ4v) is 24.7. The van der Waals surface area contributed by atoms with Crippen LogP contribution < -0.4 is 24.5 Å². The first-order chi connectivity index (χ1) is 75.0. The molecule has 1 aliphatic carbocycles. The van der Waals surface area contributed by atoms with Crippen LogP contribution in [0.1, 0.15) is 51.7 Å². The van der Waals surface area contributed by atoms with Crippen LogP contribution in [0.25, 0.3) is 106 Å². The largest absolute Gasteiger partial charge is 0.310 e. The number of para-hydroxylation sites is 7. The predicted molar refractivity (Wildman–Crippen MR) is 627 cm³/mol. The average Bonchev–Trinajstić information content (AvgIpc) is 1.53. The number of rotatable bonds is 22. The zero-order chi connectivity index (χ0) is 102. The minimum absolute atomic E-state index is 0.222. The first-order valence-corrected chi connectivity index (χ1v) is 51.6. The molecule has 24 aromatic carbocycles. The van der Waals surface area contributed by atoms with Crippen molar-refractivity contribution in [1.29, 1.82) is 0 Å². The molecule has 0 saturated heterocycles. The van der Waals surface area contributed by atoms with Crippen LogP contribution in [0.4, 0.5) is 85.3 Å². The third-order valence-corrected chi connectivity index (χ3v) is 31.1. The summed E-state index contributed by atoms with van der Waals surface area (Å²) in [5.41, 5.74) is 29.6. The Morgan fingerprint density at radius 3 is 1.26 bits per heavy atom. The fraction of sp³-hybridized carbons (Fsp3) is 0.0143. The normalized spacial score (nSPS) is 12.6. The maximum atomic E-state index is 9.53. The summed E-state index contributed by atoms with van der Waals surface area (Å²) in [4.78, 5) is 11.8. The fourth-order valence-electron chi connectivity index (χ4n) is 22.3. The van der Waals surface area contributed by atoms with Gasteiger partial charge in [0.05, 0.1) is 34.0 Å². The van der Waals surface area contributed by atoms with Crippen molar-refractivity contribution in [3.8, 4) is 33.4 Å². The van der Waals surface area contributed by atoms with Crippen molar-refractivity contribution in [2.45, 2.75) is 11.3 Å². The summed E-state index contributed by atoms with van der Waals surface area (Å²) in [5, 5.41) is 11.1. The minimum atomic E-state index is -0.764. The van der Waals surface area contributed by atoms with E-state index in [0.717, 1.165) is 155 Å². The predicted octanol–water partition coefficient (Wildman–Crippen LogP) is 39.8. The molecule has 0 N–H and O–H groups in total. The van der Waals surface area contributed by atoms with Crippen molar-refractivity contribution >= 4 is 181 Å². The molecular weight excluding hydrogens is 1820 g/mol. The molecule has 694 valence electrons. The van der Waals surface area contributed by atoms with E-state index in [1.807, 2.05) is 65.9 Å². The van der Waals surface area contributed by atoms with Crippen molar-refractivity contribution < 1.29 is 6.85 Å². The zero-order valence-electron chi connectivity index (χ0n) is 85.2. The van der Waals surface area contributed by atoms with Gasteiger partial charge in [-0.2, -0.15) is 0 Å². The number of fused-ring (bicyclic) bond motifs is 12. The third-order valence-electron chi connectivity index (χ3n) is 28.8. The van der Waals surface area contributed by atoms with Gasteiger partial charge in [-0.3, -0.25) is 0 Å². The Morgan fingerprint density at radius 1 is 0.204 bits per heavy atom. The maximum absolute atomic E-state index is 9.53. The topological polar surface area (TPSA) is 16.2 Å². The minimum Gasteiger partial charge on any atom is -0.310 e. The van der Waals surface area contributed by atoms with Crippen molar-refractivity contribution in [2.75, 3.05) is 24.5 Å². The van der Waals surface area contributed by atoms with Gasteiger partial charge in [0.1, 0.15) is 0 Å². The Labute approximate surface area is 871 Å². The van der Waals surface area contributed by atoms with Crippen LogP contribution in [0.2, 0.25) is 0 Å². The van der Waals surface area contributed by atoms with Gasteiger partial charge in [-0.1, -0.05) is 400 Å². The zero-order valence-corrected chi connectivity index (χ0v) is 81.8. The molecule has 27 rings (SSSR count). The summed E-state index contributed by atoms with van der Waals surface area (Å²) in [5.74, 6) is -0.764. The highest BCUT2D eigenvalue weighted by atomic mass is 32.1. The number of nitrogens with zero attached hydrogens (tertiary/aromatic N) is 5. The molecule has 0 fully saturated rings. The number of hydrogen-bond acceptors (Lipinski definition) is 7. The van der Waals surface area contributed by atoms with Gasteiger partial charge in [0.25, 0.3) is 0 Å². The van der Waals surface area contributed by atoms with Crippen LogP contribution in [-0.2, 0) is 5.41 Å². The quantitative estimate of drug-likeness (QED) is 0.0627. The van der Waals surface area contributed by atoms with E-state index in [1.165, 1.54) is 70.1 Å². The lowest BCUT2D eigenvalue weighted by atomic mass is 9.68. The van der Waals surface area contributed by atoms with E-state index in [0.29, 0.717) is 0 Å². The molecule has 7 heteroatoms. The number of benzene rings is 24. The molecule has 0 radical (unpaired) electrons. The first kappa shape index (κ1) is 83.2. The van der Waals surface area contributed by atoms with Gasteiger partial charge in [0.15, 0.2) is 0 Å². The molecule has 0 aliphatic heterocycles. The molecular formula is C140H97N5S2.